The minimum Gasteiger partial charge on any atom is -0.495 e. The minimum absolute atomic E-state index is 0.0975. The molecule has 142 valence electrons. The highest BCUT2D eigenvalue weighted by molar-refractivity contribution is 6.05. The van der Waals surface area contributed by atoms with Crippen molar-refractivity contribution in [2.75, 3.05) is 12.4 Å². The van der Waals surface area contributed by atoms with E-state index in [0.717, 1.165) is 5.56 Å². The summed E-state index contributed by atoms with van der Waals surface area (Å²) in [5.74, 6) is -0.644. The Morgan fingerprint density at radius 1 is 1.04 bits per heavy atom. The lowest BCUT2D eigenvalue weighted by molar-refractivity contribution is 0.0951. The third-order valence-electron chi connectivity index (χ3n) is 3.98. The van der Waals surface area contributed by atoms with E-state index in [4.69, 9.17) is 4.74 Å². The van der Waals surface area contributed by atoms with Crippen molar-refractivity contribution < 1.29 is 18.7 Å². The van der Waals surface area contributed by atoms with E-state index in [1.165, 1.54) is 37.6 Å². The molecule has 0 spiro atoms. The van der Waals surface area contributed by atoms with E-state index in [1.54, 1.807) is 36.4 Å². The summed E-state index contributed by atoms with van der Waals surface area (Å²) in [6.45, 7) is 0.240. The molecule has 3 aromatic rings. The summed E-state index contributed by atoms with van der Waals surface area (Å²) < 4.78 is 18.1. The van der Waals surface area contributed by atoms with Gasteiger partial charge in [-0.1, -0.05) is 24.3 Å². The number of halogens is 1. The number of carbonyl (C=O) groups is 2. The molecule has 2 aromatic carbocycles. The average Bonchev–Trinajstić information content (AvgIpc) is 2.73. The molecule has 0 atom stereocenters. The summed E-state index contributed by atoms with van der Waals surface area (Å²) in [5, 5.41) is 5.44. The number of anilines is 1. The number of pyridine rings is 1. The fourth-order valence-electron chi connectivity index (χ4n) is 2.52. The number of nitrogens with zero attached hydrogens (tertiary/aromatic N) is 1. The Bertz CT molecular complexity index is 990. The molecule has 0 saturated carbocycles. The van der Waals surface area contributed by atoms with Crippen LogP contribution in [0.15, 0.2) is 66.9 Å². The number of nitrogens with one attached hydrogen (secondary N) is 2. The number of amides is 2. The summed E-state index contributed by atoms with van der Waals surface area (Å²) in [5.41, 5.74) is 1.66. The van der Waals surface area contributed by atoms with Crippen LogP contribution in [0, 0.1) is 5.82 Å². The second kappa shape index (κ2) is 8.77. The predicted octanol–water partition coefficient (Wildman–Crippen LogP) is 3.41. The molecule has 28 heavy (non-hydrogen) atoms. The van der Waals surface area contributed by atoms with Crippen LogP contribution in [0.2, 0.25) is 0 Å². The summed E-state index contributed by atoms with van der Waals surface area (Å²) in [7, 11) is 1.51. The number of aromatic nitrogens is 1. The highest BCUT2D eigenvalue weighted by atomic mass is 19.1. The number of benzene rings is 2. The van der Waals surface area contributed by atoms with Crippen molar-refractivity contribution in [3.63, 3.8) is 0 Å². The lowest BCUT2D eigenvalue weighted by Gasteiger charge is -2.10. The normalized spacial score (nSPS) is 10.2. The van der Waals surface area contributed by atoms with Crippen LogP contribution in [0.5, 0.6) is 5.75 Å². The molecule has 0 unspecified atom stereocenters. The molecular weight excluding hydrogens is 361 g/mol. The maximum atomic E-state index is 12.9. The van der Waals surface area contributed by atoms with E-state index >= 15 is 0 Å². The topological polar surface area (TPSA) is 80.3 Å². The summed E-state index contributed by atoms with van der Waals surface area (Å²) in [6, 6.07) is 15.7. The van der Waals surface area contributed by atoms with Gasteiger partial charge in [-0.3, -0.25) is 14.6 Å². The van der Waals surface area contributed by atoms with Gasteiger partial charge in [0.05, 0.1) is 12.8 Å². The van der Waals surface area contributed by atoms with Crippen molar-refractivity contribution in [2.45, 2.75) is 6.54 Å². The van der Waals surface area contributed by atoms with Gasteiger partial charge in [-0.25, -0.2) is 4.39 Å². The molecule has 0 aliphatic heterocycles. The van der Waals surface area contributed by atoms with Crippen LogP contribution in [0.25, 0.3) is 0 Å². The van der Waals surface area contributed by atoms with E-state index < -0.39 is 5.91 Å². The quantitative estimate of drug-likeness (QED) is 0.688. The van der Waals surface area contributed by atoms with Crippen molar-refractivity contribution in [3.05, 3.63) is 89.5 Å². The molecule has 6 nitrogen and oxygen atoms in total. The number of methoxy groups -OCH3 is 1. The lowest BCUT2D eigenvalue weighted by Crippen LogP contribution is -2.23. The molecule has 3 rings (SSSR count). The van der Waals surface area contributed by atoms with Crippen molar-refractivity contribution in [1.29, 1.82) is 0 Å². The van der Waals surface area contributed by atoms with Crippen molar-refractivity contribution in [1.82, 2.24) is 10.3 Å². The Morgan fingerprint density at radius 3 is 2.54 bits per heavy atom. The third kappa shape index (κ3) is 4.70. The van der Waals surface area contributed by atoms with Gasteiger partial charge in [-0.05, 0) is 42.0 Å². The van der Waals surface area contributed by atoms with Crippen LogP contribution in [0.3, 0.4) is 0 Å². The molecule has 0 bridgehead atoms. The van der Waals surface area contributed by atoms with E-state index in [1.807, 2.05) is 0 Å². The summed E-state index contributed by atoms with van der Waals surface area (Å²) in [4.78, 5) is 28.9. The van der Waals surface area contributed by atoms with Gasteiger partial charge in [0, 0.05) is 18.3 Å². The van der Waals surface area contributed by atoms with Crippen LogP contribution in [0.4, 0.5) is 10.1 Å². The molecule has 0 radical (unpaired) electrons. The number of carbonyl (C=O) groups excluding carboxylic acids is 2. The first-order chi connectivity index (χ1) is 13.6. The van der Waals surface area contributed by atoms with Crippen LogP contribution in [-0.2, 0) is 6.54 Å². The number of hydrogen-bond donors (Lipinski definition) is 2. The predicted molar refractivity (Wildman–Crippen MR) is 103 cm³/mol. The SMILES string of the molecule is COc1ccccc1NC(=O)c1cc(C(=O)NCc2ccc(F)cc2)ccn1. The maximum Gasteiger partial charge on any atom is 0.274 e. The first-order valence-corrected chi connectivity index (χ1v) is 8.50. The maximum absolute atomic E-state index is 12.9. The van der Waals surface area contributed by atoms with Crippen LogP contribution in [-0.4, -0.2) is 23.9 Å². The van der Waals surface area contributed by atoms with Gasteiger partial charge in [0.25, 0.3) is 11.8 Å². The largest absolute Gasteiger partial charge is 0.495 e. The van der Waals surface area contributed by atoms with Gasteiger partial charge in [0.15, 0.2) is 0 Å². The standard InChI is InChI=1S/C21H18FN3O3/c1-28-19-5-3-2-4-17(19)25-21(27)18-12-15(10-11-23-18)20(26)24-13-14-6-8-16(22)9-7-14/h2-12H,13H2,1H3,(H,24,26)(H,25,27). The van der Waals surface area contributed by atoms with Gasteiger partial charge in [-0.2, -0.15) is 0 Å². The highest BCUT2D eigenvalue weighted by Crippen LogP contribution is 2.23. The molecule has 0 fully saturated rings. The zero-order valence-electron chi connectivity index (χ0n) is 15.1. The van der Waals surface area contributed by atoms with Gasteiger partial charge in [0.2, 0.25) is 0 Å². The zero-order valence-corrected chi connectivity index (χ0v) is 15.1. The smallest absolute Gasteiger partial charge is 0.274 e. The van der Waals surface area contributed by atoms with E-state index in [0.29, 0.717) is 17.0 Å². The molecule has 0 aliphatic rings. The van der Waals surface area contributed by atoms with Gasteiger partial charge in [-0.15, -0.1) is 0 Å². The highest BCUT2D eigenvalue weighted by Gasteiger charge is 2.13. The number of hydrogen-bond acceptors (Lipinski definition) is 4. The summed E-state index contributed by atoms with van der Waals surface area (Å²) >= 11 is 0. The average molecular weight is 379 g/mol. The fraction of sp³-hybridized carbons (Fsp3) is 0.0952. The number of rotatable bonds is 6. The Kier molecular flexibility index (Phi) is 5.96. The molecule has 7 heteroatoms. The molecule has 0 saturated heterocycles. The van der Waals surface area contributed by atoms with Crippen molar-refractivity contribution >= 4 is 17.5 Å². The number of para-hydroxylation sites is 2. The van der Waals surface area contributed by atoms with E-state index in [2.05, 4.69) is 15.6 Å². The Labute approximate surface area is 161 Å². The molecular formula is C21H18FN3O3. The number of ether oxygens (including phenoxy) is 1. The van der Waals surface area contributed by atoms with Crippen LogP contribution < -0.4 is 15.4 Å². The molecule has 2 amide bonds. The van der Waals surface area contributed by atoms with Crippen molar-refractivity contribution in [3.8, 4) is 5.75 Å². The Hall–Kier alpha value is -3.74. The molecule has 0 aliphatic carbocycles. The Morgan fingerprint density at radius 2 is 1.79 bits per heavy atom. The Balaban J connectivity index is 1.68. The molecule has 1 aromatic heterocycles. The third-order valence-corrected chi connectivity index (χ3v) is 3.98. The zero-order chi connectivity index (χ0) is 19.9. The molecule has 2 N–H and O–H groups in total. The minimum atomic E-state index is -0.460. The molecule has 1 heterocycles. The van der Waals surface area contributed by atoms with Crippen LogP contribution >= 0.6 is 0 Å². The first-order valence-electron chi connectivity index (χ1n) is 8.50. The van der Waals surface area contributed by atoms with Crippen LogP contribution in [0.1, 0.15) is 26.4 Å². The second-order valence-corrected chi connectivity index (χ2v) is 5.89. The lowest BCUT2D eigenvalue weighted by atomic mass is 10.2. The van der Waals surface area contributed by atoms with Gasteiger partial charge >= 0.3 is 0 Å². The van der Waals surface area contributed by atoms with E-state index in [9.17, 15) is 14.0 Å². The van der Waals surface area contributed by atoms with Gasteiger partial charge < -0.3 is 15.4 Å². The summed E-state index contributed by atoms with van der Waals surface area (Å²) in [6.07, 6.45) is 1.39. The first kappa shape index (κ1) is 19.0. The fourth-order valence-corrected chi connectivity index (χ4v) is 2.52. The second-order valence-electron chi connectivity index (χ2n) is 5.89. The van der Waals surface area contributed by atoms with Crippen molar-refractivity contribution in [2.24, 2.45) is 0 Å². The van der Waals surface area contributed by atoms with Gasteiger partial charge in [0.1, 0.15) is 17.3 Å². The monoisotopic (exact) mass is 379 g/mol. The van der Waals surface area contributed by atoms with E-state index in [-0.39, 0.29) is 24.0 Å².